The average molecular weight is 639 g/mol. The van der Waals surface area contributed by atoms with E-state index in [4.69, 9.17) is 4.98 Å². The number of aromatic nitrogens is 2. The fraction of sp³-hybridized carbons (Fsp3) is 0.0625. The molecule has 50 heavy (non-hydrogen) atoms. The highest BCUT2D eigenvalue weighted by Crippen LogP contribution is 2.58. The van der Waals surface area contributed by atoms with E-state index in [0.29, 0.717) is 0 Å². The molecule has 0 saturated carbocycles. The molecule has 1 aliphatic carbocycles. The third-order valence-corrected chi connectivity index (χ3v) is 10.5. The molecule has 10 rings (SSSR count). The monoisotopic (exact) mass is 638 g/mol. The third-order valence-electron chi connectivity index (χ3n) is 10.5. The molecular formula is C48H34N2. The Hall–Kier alpha value is -6.25. The number of rotatable bonds is 6. The molecule has 1 aliphatic rings. The van der Waals surface area contributed by atoms with Gasteiger partial charge in [-0.25, -0.2) is 4.98 Å². The zero-order chi connectivity index (χ0) is 33.2. The fourth-order valence-electron chi connectivity index (χ4n) is 8.41. The maximum Gasteiger partial charge on any atom is 0.114 e. The molecule has 236 valence electrons. The van der Waals surface area contributed by atoms with Crippen molar-refractivity contribution in [2.45, 2.75) is 19.8 Å². The number of hydrogen-bond donors (Lipinski definition) is 0. The topological polar surface area (TPSA) is 17.8 Å². The first-order chi connectivity index (χ1) is 24.8. The molecular weight excluding hydrogens is 605 g/mol. The summed E-state index contributed by atoms with van der Waals surface area (Å²) in [7, 11) is 0. The molecule has 0 atom stereocenters. The number of imidazole rings is 1. The van der Waals surface area contributed by atoms with Crippen LogP contribution in [-0.2, 0) is 6.42 Å². The van der Waals surface area contributed by atoms with E-state index in [2.05, 4.69) is 175 Å². The summed E-state index contributed by atoms with van der Waals surface area (Å²) in [5.74, 6) is 1.11. The van der Waals surface area contributed by atoms with E-state index in [1.807, 2.05) is 0 Å². The van der Waals surface area contributed by atoms with E-state index in [1.165, 1.54) is 77.2 Å². The van der Waals surface area contributed by atoms with Gasteiger partial charge in [-0.1, -0.05) is 146 Å². The van der Waals surface area contributed by atoms with Crippen LogP contribution in [-0.4, -0.2) is 9.55 Å². The number of para-hydroxylation sites is 2. The van der Waals surface area contributed by atoms with Crippen molar-refractivity contribution in [3.63, 3.8) is 0 Å². The van der Waals surface area contributed by atoms with Crippen LogP contribution in [0.15, 0.2) is 164 Å². The lowest BCUT2D eigenvalue weighted by molar-refractivity contribution is 0.818. The SMILES string of the molecule is CCCc1nc2ccccc2n1-c1ccc(-c2ccc3c4c(cccc24)-c2c-3c(-c3ccccc3)c3ccccc3c2-c2ccccc2)cc1. The van der Waals surface area contributed by atoms with Gasteiger partial charge >= 0.3 is 0 Å². The molecule has 2 nitrogen and oxygen atoms in total. The highest BCUT2D eigenvalue weighted by molar-refractivity contribution is 6.28. The summed E-state index contributed by atoms with van der Waals surface area (Å²) in [5, 5.41) is 5.18. The second kappa shape index (κ2) is 11.4. The lowest BCUT2D eigenvalue weighted by Crippen LogP contribution is -2.01. The Morgan fingerprint density at radius 3 is 1.66 bits per heavy atom. The van der Waals surface area contributed by atoms with Crippen molar-refractivity contribution in [2.24, 2.45) is 0 Å². The van der Waals surface area contributed by atoms with Gasteiger partial charge < -0.3 is 0 Å². The molecule has 0 fully saturated rings. The minimum absolute atomic E-state index is 0.941. The van der Waals surface area contributed by atoms with E-state index >= 15 is 0 Å². The molecule has 1 heterocycles. The van der Waals surface area contributed by atoms with Crippen LogP contribution in [0.2, 0.25) is 0 Å². The van der Waals surface area contributed by atoms with Gasteiger partial charge in [-0.05, 0) is 108 Å². The first kappa shape index (κ1) is 28.7. The van der Waals surface area contributed by atoms with E-state index in [0.717, 1.165) is 35.4 Å². The van der Waals surface area contributed by atoms with Gasteiger partial charge in [-0.3, -0.25) is 4.57 Å². The summed E-state index contributed by atoms with van der Waals surface area (Å²) in [6.07, 6.45) is 1.99. The van der Waals surface area contributed by atoms with Crippen LogP contribution in [0, 0.1) is 0 Å². The van der Waals surface area contributed by atoms with Crippen molar-refractivity contribution in [2.75, 3.05) is 0 Å². The quantitative estimate of drug-likeness (QED) is 0.177. The summed E-state index contributed by atoms with van der Waals surface area (Å²) in [6, 6.07) is 60.0. The Bertz CT molecular complexity index is 2640. The molecule has 0 saturated heterocycles. The number of hydrogen-bond acceptors (Lipinski definition) is 1. The smallest absolute Gasteiger partial charge is 0.114 e. The van der Waals surface area contributed by atoms with Crippen LogP contribution in [0.4, 0.5) is 0 Å². The lowest BCUT2D eigenvalue weighted by Gasteiger charge is -2.20. The number of benzene rings is 8. The Kier molecular flexibility index (Phi) is 6.57. The summed E-state index contributed by atoms with van der Waals surface area (Å²) in [6.45, 7) is 2.22. The molecule has 1 aromatic heterocycles. The van der Waals surface area contributed by atoms with E-state index < -0.39 is 0 Å². The normalized spacial score (nSPS) is 11.9. The van der Waals surface area contributed by atoms with Crippen molar-refractivity contribution in [1.82, 2.24) is 9.55 Å². The number of aryl methyl sites for hydroxylation is 1. The molecule has 0 N–H and O–H groups in total. The van der Waals surface area contributed by atoms with Crippen LogP contribution >= 0.6 is 0 Å². The Balaban J connectivity index is 1.21. The van der Waals surface area contributed by atoms with Gasteiger partial charge in [-0.2, -0.15) is 0 Å². The molecule has 0 unspecified atom stereocenters. The van der Waals surface area contributed by atoms with Crippen LogP contribution < -0.4 is 0 Å². The maximum atomic E-state index is 4.99. The summed E-state index contributed by atoms with van der Waals surface area (Å²) in [5.41, 5.74) is 16.2. The zero-order valence-electron chi connectivity index (χ0n) is 27.9. The number of fused-ring (bicyclic) bond motifs is 5. The first-order valence-electron chi connectivity index (χ1n) is 17.6. The van der Waals surface area contributed by atoms with Crippen LogP contribution in [0.25, 0.3) is 93.9 Å². The molecule has 0 radical (unpaired) electrons. The van der Waals surface area contributed by atoms with Crippen molar-refractivity contribution < 1.29 is 0 Å². The van der Waals surface area contributed by atoms with Crippen molar-refractivity contribution in [3.8, 4) is 61.3 Å². The molecule has 2 heteroatoms. The van der Waals surface area contributed by atoms with Crippen LogP contribution in [0.5, 0.6) is 0 Å². The second-order valence-electron chi connectivity index (χ2n) is 13.3. The minimum atomic E-state index is 0.941. The van der Waals surface area contributed by atoms with Crippen LogP contribution in [0.3, 0.4) is 0 Å². The Morgan fingerprint density at radius 2 is 1.00 bits per heavy atom. The Morgan fingerprint density at radius 1 is 0.440 bits per heavy atom. The van der Waals surface area contributed by atoms with Gasteiger partial charge in [-0.15, -0.1) is 0 Å². The summed E-state index contributed by atoms with van der Waals surface area (Å²) < 4.78 is 2.33. The molecule has 0 bridgehead atoms. The average Bonchev–Trinajstić information content (AvgIpc) is 3.71. The maximum absolute atomic E-state index is 4.99. The molecule has 0 spiro atoms. The first-order valence-corrected chi connectivity index (χ1v) is 17.6. The van der Waals surface area contributed by atoms with E-state index in [-0.39, 0.29) is 0 Å². The molecule has 8 aromatic carbocycles. The van der Waals surface area contributed by atoms with E-state index in [9.17, 15) is 0 Å². The highest BCUT2D eigenvalue weighted by atomic mass is 15.1. The van der Waals surface area contributed by atoms with Gasteiger partial charge in [0.25, 0.3) is 0 Å². The van der Waals surface area contributed by atoms with Crippen molar-refractivity contribution in [1.29, 1.82) is 0 Å². The second-order valence-corrected chi connectivity index (χ2v) is 13.3. The van der Waals surface area contributed by atoms with E-state index in [1.54, 1.807) is 0 Å². The van der Waals surface area contributed by atoms with Gasteiger partial charge in [0.2, 0.25) is 0 Å². The predicted molar refractivity (Wildman–Crippen MR) is 211 cm³/mol. The van der Waals surface area contributed by atoms with Gasteiger partial charge in [0.1, 0.15) is 5.82 Å². The summed E-state index contributed by atoms with van der Waals surface area (Å²) in [4.78, 5) is 4.99. The highest BCUT2D eigenvalue weighted by Gasteiger charge is 2.31. The van der Waals surface area contributed by atoms with Gasteiger partial charge in [0, 0.05) is 12.1 Å². The zero-order valence-corrected chi connectivity index (χ0v) is 27.9. The standard InChI is InChI=1S/C48H34N2/c1-2-14-43-49-41-23-11-12-24-42(41)50(43)34-27-25-31(26-28-34)35-29-30-40-46-36(35)21-13-22-39(46)47-44(32-15-5-3-6-16-32)37-19-9-10-20-38(37)45(48(40)47)33-17-7-4-8-18-33/h3-13,15-30H,2,14H2,1H3. The lowest BCUT2D eigenvalue weighted by atomic mass is 9.82. The van der Waals surface area contributed by atoms with Crippen molar-refractivity contribution >= 4 is 32.6 Å². The predicted octanol–water partition coefficient (Wildman–Crippen LogP) is 12.9. The fourth-order valence-corrected chi connectivity index (χ4v) is 8.41. The van der Waals surface area contributed by atoms with Crippen molar-refractivity contribution in [3.05, 3.63) is 170 Å². The third kappa shape index (κ3) is 4.25. The molecule has 9 aromatic rings. The number of nitrogens with zero attached hydrogens (tertiary/aromatic N) is 2. The Labute approximate surface area is 291 Å². The van der Waals surface area contributed by atoms with Gasteiger partial charge in [0.15, 0.2) is 0 Å². The minimum Gasteiger partial charge on any atom is -0.296 e. The summed E-state index contributed by atoms with van der Waals surface area (Å²) >= 11 is 0. The molecule has 0 aliphatic heterocycles. The van der Waals surface area contributed by atoms with Gasteiger partial charge in [0.05, 0.1) is 11.0 Å². The largest absolute Gasteiger partial charge is 0.296 e. The van der Waals surface area contributed by atoms with Crippen LogP contribution in [0.1, 0.15) is 19.2 Å². The molecule has 0 amide bonds.